The van der Waals surface area contributed by atoms with E-state index in [0.717, 1.165) is 0 Å². The second-order valence-electron chi connectivity index (χ2n) is 5.53. The number of amides is 3. The van der Waals surface area contributed by atoms with E-state index in [2.05, 4.69) is 5.32 Å². The van der Waals surface area contributed by atoms with Crippen LogP contribution in [-0.4, -0.2) is 56.4 Å². The zero-order valence-electron chi connectivity index (χ0n) is 13.5. The number of anilines is 1. The molecule has 0 radical (unpaired) electrons. The first-order chi connectivity index (χ1) is 10.9. The minimum atomic E-state index is -0.318. The van der Waals surface area contributed by atoms with E-state index >= 15 is 0 Å². The van der Waals surface area contributed by atoms with Gasteiger partial charge in [-0.3, -0.25) is 19.3 Å². The summed E-state index contributed by atoms with van der Waals surface area (Å²) in [7, 11) is 3.18. The summed E-state index contributed by atoms with van der Waals surface area (Å²) in [6, 6.07) is 7.10. The van der Waals surface area contributed by atoms with Crippen LogP contribution in [0.2, 0.25) is 0 Å². The maximum Gasteiger partial charge on any atom is 0.265 e. The molecule has 23 heavy (non-hydrogen) atoms. The average molecular weight is 319 g/mol. The van der Waals surface area contributed by atoms with Gasteiger partial charge in [-0.05, 0) is 12.1 Å². The number of likely N-dealkylation sites (N-methyl/N-ethyl adjacent to an activating group) is 1. The topological polar surface area (TPSA) is 79.0 Å². The lowest BCUT2D eigenvalue weighted by molar-refractivity contribution is -0.132. The standard InChI is InChI=1S/C16H21N3O4/c1-11(16(22)17-2)8-18(3)14(20)9-19-12-6-4-5-7-13(12)23-10-15(19)21/h4-7,11H,8-10H2,1-3H3,(H,17,22)/t11-/m1/s1. The molecular formula is C16H21N3O4. The predicted molar refractivity (Wildman–Crippen MR) is 85.2 cm³/mol. The molecule has 0 aliphatic carbocycles. The second kappa shape index (κ2) is 7.13. The van der Waals surface area contributed by atoms with E-state index < -0.39 is 0 Å². The number of para-hydroxylation sites is 2. The summed E-state index contributed by atoms with van der Waals surface area (Å²) < 4.78 is 5.35. The Morgan fingerprint density at radius 2 is 2.09 bits per heavy atom. The molecule has 3 amide bonds. The van der Waals surface area contributed by atoms with Gasteiger partial charge in [-0.1, -0.05) is 19.1 Å². The molecule has 0 saturated carbocycles. The molecule has 0 spiro atoms. The van der Waals surface area contributed by atoms with Crippen molar-refractivity contribution in [1.29, 1.82) is 0 Å². The molecule has 1 heterocycles. The third kappa shape index (κ3) is 3.80. The van der Waals surface area contributed by atoms with Gasteiger partial charge in [0.25, 0.3) is 5.91 Å². The largest absolute Gasteiger partial charge is 0.482 e. The molecule has 0 bridgehead atoms. The first kappa shape index (κ1) is 16.8. The third-order valence-corrected chi connectivity index (χ3v) is 3.77. The van der Waals surface area contributed by atoms with Crippen molar-refractivity contribution in [3.05, 3.63) is 24.3 Å². The SMILES string of the molecule is CNC(=O)[C@H](C)CN(C)C(=O)CN1C(=O)COc2ccccc21. The summed E-state index contributed by atoms with van der Waals surface area (Å²) in [5.41, 5.74) is 0.588. The molecule has 0 aromatic heterocycles. The number of fused-ring (bicyclic) bond motifs is 1. The molecule has 2 rings (SSSR count). The lowest BCUT2D eigenvalue weighted by atomic mass is 10.1. The van der Waals surface area contributed by atoms with Crippen LogP contribution in [0, 0.1) is 5.92 Å². The van der Waals surface area contributed by atoms with Gasteiger partial charge < -0.3 is 15.0 Å². The lowest BCUT2D eigenvalue weighted by Crippen LogP contribution is -2.47. The maximum atomic E-state index is 12.4. The number of benzene rings is 1. The van der Waals surface area contributed by atoms with E-state index in [1.54, 1.807) is 39.2 Å². The molecular weight excluding hydrogens is 298 g/mol. The second-order valence-corrected chi connectivity index (χ2v) is 5.53. The predicted octanol–water partition coefficient (Wildman–Crippen LogP) is 0.253. The van der Waals surface area contributed by atoms with Crippen molar-refractivity contribution in [1.82, 2.24) is 10.2 Å². The first-order valence-corrected chi connectivity index (χ1v) is 7.41. The zero-order valence-corrected chi connectivity index (χ0v) is 13.5. The summed E-state index contributed by atoms with van der Waals surface area (Å²) in [6.45, 7) is 1.88. The van der Waals surface area contributed by atoms with Gasteiger partial charge in [0, 0.05) is 20.6 Å². The van der Waals surface area contributed by atoms with Crippen LogP contribution in [0.1, 0.15) is 6.92 Å². The van der Waals surface area contributed by atoms with Crippen molar-refractivity contribution in [2.24, 2.45) is 5.92 Å². The van der Waals surface area contributed by atoms with Crippen molar-refractivity contribution in [3.63, 3.8) is 0 Å². The molecule has 1 atom stereocenters. The fourth-order valence-electron chi connectivity index (χ4n) is 2.43. The Labute approximate surface area is 135 Å². The average Bonchev–Trinajstić information content (AvgIpc) is 2.56. The number of carbonyl (C=O) groups excluding carboxylic acids is 3. The Balaban J connectivity index is 2.05. The summed E-state index contributed by atoms with van der Waals surface area (Å²) >= 11 is 0. The molecule has 7 heteroatoms. The van der Waals surface area contributed by atoms with Crippen molar-refractivity contribution >= 4 is 23.4 Å². The van der Waals surface area contributed by atoms with Crippen LogP contribution in [-0.2, 0) is 14.4 Å². The summed E-state index contributed by atoms with van der Waals surface area (Å²) in [5.74, 6) is -0.351. The third-order valence-electron chi connectivity index (χ3n) is 3.77. The van der Waals surface area contributed by atoms with Crippen LogP contribution >= 0.6 is 0 Å². The van der Waals surface area contributed by atoms with E-state index in [-0.39, 0.29) is 36.8 Å². The zero-order chi connectivity index (χ0) is 17.0. The van der Waals surface area contributed by atoms with Crippen LogP contribution < -0.4 is 15.0 Å². The first-order valence-electron chi connectivity index (χ1n) is 7.41. The fourth-order valence-corrected chi connectivity index (χ4v) is 2.43. The minimum Gasteiger partial charge on any atom is -0.482 e. The number of nitrogens with one attached hydrogen (secondary N) is 1. The van der Waals surface area contributed by atoms with Gasteiger partial charge >= 0.3 is 0 Å². The quantitative estimate of drug-likeness (QED) is 0.844. The summed E-state index contributed by atoms with van der Waals surface area (Å²) in [4.78, 5) is 38.9. The smallest absolute Gasteiger partial charge is 0.265 e. The molecule has 1 aromatic carbocycles. The van der Waals surface area contributed by atoms with Gasteiger partial charge in [-0.25, -0.2) is 0 Å². The van der Waals surface area contributed by atoms with Gasteiger partial charge in [-0.2, -0.15) is 0 Å². The molecule has 1 aliphatic rings. The molecule has 1 aromatic rings. The molecule has 1 aliphatic heterocycles. The van der Waals surface area contributed by atoms with Gasteiger partial charge in [0.1, 0.15) is 12.3 Å². The molecule has 124 valence electrons. The van der Waals surface area contributed by atoms with E-state index in [9.17, 15) is 14.4 Å². The van der Waals surface area contributed by atoms with Crippen molar-refractivity contribution in [2.45, 2.75) is 6.92 Å². The van der Waals surface area contributed by atoms with Crippen molar-refractivity contribution in [2.75, 3.05) is 38.7 Å². The molecule has 0 saturated heterocycles. The van der Waals surface area contributed by atoms with Gasteiger partial charge in [0.2, 0.25) is 11.8 Å². The van der Waals surface area contributed by atoms with Crippen LogP contribution in [0.15, 0.2) is 24.3 Å². The monoisotopic (exact) mass is 319 g/mol. The van der Waals surface area contributed by atoms with E-state index in [0.29, 0.717) is 18.0 Å². The minimum absolute atomic E-state index is 0.0732. The highest BCUT2D eigenvalue weighted by Gasteiger charge is 2.28. The fraction of sp³-hybridized carbons (Fsp3) is 0.438. The van der Waals surface area contributed by atoms with E-state index in [4.69, 9.17) is 4.74 Å². The normalized spacial score (nSPS) is 14.6. The molecule has 0 fully saturated rings. The number of ether oxygens (including phenoxy) is 1. The van der Waals surface area contributed by atoms with Crippen molar-refractivity contribution < 1.29 is 19.1 Å². The lowest BCUT2D eigenvalue weighted by Gasteiger charge is -2.30. The van der Waals surface area contributed by atoms with Crippen LogP contribution in [0.25, 0.3) is 0 Å². The highest BCUT2D eigenvalue weighted by atomic mass is 16.5. The molecule has 0 unspecified atom stereocenters. The summed E-state index contributed by atoms with van der Waals surface area (Å²) in [6.07, 6.45) is 0. The summed E-state index contributed by atoms with van der Waals surface area (Å²) in [5, 5.41) is 2.55. The molecule has 1 N–H and O–H groups in total. The Morgan fingerprint density at radius 3 is 2.78 bits per heavy atom. The Bertz CT molecular complexity index is 617. The van der Waals surface area contributed by atoms with Crippen molar-refractivity contribution in [3.8, 4) is 5.75 Å². The Morgan fingerprint density at radius 1 is 1.39 bits per heavy atom. The number of hydrogen-bond donors (Lipinski definition) is 1. The molecule has 7 nitrogen and oxygen atoms in total. The van der Waals surface area contributed by atoms with Crippen LogP contribution in [0.5, 0.6) is 5.75 Å². The van der Waals surface area contributed by atoms with Gasteiger partial charge in [0.05, 0.1) is 11.6 Å². The van der Waals surface area contributed by atoms with E-state index in [1.807, 2.05) is 6.07 Å². The van der Waals surface area contributed by atoms with Crippen LogP contribution in [0.4, 0.5) is 5.69 Å². The highest BCUT2D eigenvalue weighted by Crippen LogP contribution is 2.31. The van der Waals surface area contributed by atoms with Crippen LogP contribution in [0.3, 0.4) is 0 Å². The number of hydrogen-bond acceptors (Lipinski definition) is 4. The number of rotatable bonds is 5. The highest BCUT2D eigenvalue weighted by molar-refractivity contribution is 6.02. The maximum absolute atomic E-state index is 12.4. The van der Waals surface area contributed by atoms with Gasteiger partial charge in [-0.15, -0.1) is 0 Å². The Hall–Kier alpha value is -2.57. The number of nitrogens with zero attached hydrogens (tertiary/aromatic N) is 2. The van der Waals surface area contributed by atoms with E-state index in [1.165, 1.54) is 9.80 Å². The van der Waals surface area contributed by atoms with Gasteiger partial charge in [0.15, 0.2) is 6.61 Å². The number of carbonyl (C=O) groups is 3. The Kier molecular flexibility index (Phi) is 5.20.